The molecule has 1 N–H and O–H groups in total. The van der Waals surface area contributed by atoms with Gasteiger partial charge in [-0.25, -0.2) is 0 Å². The molecule has 1 aromatic carbocycles. The van der Waals surface area contributed by atoms with Gasteiger partial charge in [0.25, 0.3) is 5.91 Å². The summed E-state index contributed by atoms with van der Waals surface area (Å²) in [6.07, 6.45) is 2.56. The molecule has 2 aromatic rings. The Balaban J connectivity index is 1.91. The Labute approximate surface area is 135 Å². The van der Waals surface area contributed by atoms with E-state index in [1.54, 1.807) is 10.9 Å². The summed E-state index contributed by atoms with van der Waals surface area (Å²) < 4.78 is 13.1. The maximum absolute atomic E-state index is 12.5. The van der Waals surface area contributed by atoms with E-state index < -0.39 is 0 Å². The summed E-state index contributed by atoms with van der Waals surface area (Å²) in [5, 5.41) is 7.02. The lowest BCUT2D eigenvalue weighted by molar-refractivity contribution is 0.102. The first-order valence-corrected chi connectivity index (χ1v) is 7.76. The first kappa shape index (κ1) is 15.4. The number of aryl methyl sites for hydroxylation is 1. The molecule has 0 radical (unpaired) electrons. The third-order valence-corrected chi connectivity index (χ3v) is 4.03. The molecule has 23 heavy (non-hydrogen) atoms. The topological polar surface area (TPSA) is 65.4 Å². The number of fused-ring (bicyclic) bond motifs is 1. The van der Waals surface area contributed by atoms with E-state index in [1.807, 2.05) is 40.0 Å². The molecule has 0 unspecified atom stereocenters. The number of nitrogens with zero attached hydrogens (tertiary/aromatic N) is 2. The number of benzene rings is 1. The van der Waals surface area contributed by atoms with Gasteiger partial charge in [-0.3, -0.25) is 9.48 Å². The van der Waals surface area contributed by atoms with Crippen LogP contribution >= 0.6 is 0 Å². The minimum atomic E-state index is -0.206. The largest absolute Gasteiger partial charge is 0.492 e. The number of aromatic nitrogens is 2. The number of carbonyl (C=O) groups excluding carboxylic acids is 1. The van der Waals surface area contributed by atoms with E-state index in [9.17, 15) is 4.79 Å². The lowest BCUT2D eigenvalue weighted by atomic mass is 10.1. The minimum absolute atomic E-state index is 0.144. The first-order chi connectivity index (χ1) is 11.0. The SMILES string of the molecule is CCOc1cc2c(cc1NC(=O)c1cnn(C)c1C)O[C@@H](C)C2. The molecular formula is C17H21N3O3. The Morgan fingerprint density at radius 1 is 1.52 bits per heavy atom. The molecule has 1 atom stereocenters. The van der Waals surface area contributed by atoms with E-state index in [-0.39, 0.29) is 12.0 Å². The number of hydrogen-bond acceptors (Lipinski definition) is 4. The van der Waals surface area contributed by atoms with E-state index in [4.69, 9.17) is 9.47 Å². The van der Waals surface area contributed by atoms with Crippen molar-refractivity contribution in [1.29, 1.82) is 0 Å². The van der Waals surface area contributed by atoms with Gasteiger partial charge in [0.1, 0.15) is 17.6 Å². The van der Waals surface area contributed by atoms with Crippen LogP contribution in [0.15, 0.2) is 18.3 Å². The zero-order valence-electron chi connectivity index (χ0n) is 13.8. The van der Waals surface area contributed by atoms with Gasteiger partial charge in [0.2, 0.25) is 0 Å². The molecule has 1 aliphatic rings. The fraction of sp³-hybridized carbons (Fsp3) is 0.412. The van der Waals surface area contributed by atoms with Gasteiger partial charge in [0, 0.05) is 30.8 Å². The summed E-state index contributed by atoms with van der Waals surface area (Å²) in [6.45, 7) is 6.34. The van der Waals surface area contributed by atoms with E-state index >= 15 is 0 Å². The molecule has 0 saturated carbocycles. The van der Waals surface area contributed by atoms with Crippen LogP contribution in [-0.2, 0) is 13.5 Å². The molecule has 0 aliphatic carbocycles. The highest BCUT2D eigenvalue weighted by Crippen LogP contribution is 2.38. The predicted octanol–water partition coefficient (Wildman–Crippen LogP) is 2.70. The highest BCUT2D eigenvalue weighted by molar-refractivity contribution is 6.05. The first-order valence-electron chi connectivity index (χ1n) is 7.76. The summed E-state index contributed by atoms with van der Waals surface area (Å²) in [5.74, 6) is 1.26. The molecule has 6 heteroatoms. The van der Waals surface area contributed by atoms with Crippen LogP contribution in [0.4, 0.5) is 5.69 Å². The Morgan fingerprint density at radius 2 is 2.30 bits per heavy atom. The van der Waals surface area contributed by atoms with E-state index in [1.165, 1.54) is 0 Å². The second-order valence-electron chi connectivity index (χ2n) is 5.74. The van der Waals surface area contributed by atoms with Crippen LogP contribution in [0.3, 0.4) is 0 Å². The third kappa shape index (κ3) is 2.88. The molecule has 1 aliphatic heterocycles. The average molecular weight is 315 g/mol. The summed E-state index contributed by atoms with van der Waals surface area (Å²) in [7, 11) is 1.81. The van der Waals surface area contributed by atoms with Gasteiger partial charge in [-0.2, -0.15) is 5.10 Å². The van der Waals surface area contributed by atoms with Crippen molar-refractivity contribution >= 4 is 11.6 Å². The molecule has 3 rings (SSSR count). The number of ether oxygens (including phenoxy) is 2. The van der Waals surface area contributed by atoms with Crippen molar-refractivity contribution < 1.29 is 14.3 Å². The number of hydrogen-bond donors (Lipinski definition) is 1. The van der Waals surface area contributed by atoms with Crippen LogP contribution in [0.5, 0.6) is 11.5 Å². The van der Waals surface area contributed by atoms with E-state index in [0.717, 1.165) is 23.4 Å². The predicted molar refractivity (Wildman–Crippen MR) is 87.3 cm³/mol. The number of nitrogens with one attached hydrogen (secondary N) is 1. The minimum Gasteiger partial charge on any atom is -0.492 e. The normalized spacial score (nSPS) is 15.9. The molecule has 2 heterocycles. The number of anilines is 1. The molecule has 0 fully saturated rings. The van der Waals surface area contributed by atoms with Crippen molar-refractivity contribution in [2.45, 2.75) is 33.3 Å². The molecule has 6 nitrogen and oxygen atoms in total. The monoisotopic (exact) mass is 315 g/mol. The summed E-state index contributed by atoms with van der Waals surface area (Å²) in [6, 6.07) is 3.79. The highest BCUT2D eigenvalue weighted by Gasteiger charge is 2.23. The maximum atomic E-state index is 12.5. The maximum Gasteiger partial charge on any atom is 0.259 e. The number of amides is 1. The zero-order chi connectivity index (χ0) is 16.6. The fourth-order valence-corrected chi connectivity index (χ4v) is 2.72. The number of rotatable bonds is 4. The van der Waals surface area contributed by atoms with E-state index in [0.29, 0.717) is 23.6 Å². The Kier molecular flexibility index (Phi) is 3.98. The molecule has 0 spiro atoms. The van der Waals surface area contributed by atoms with Crippen LogP contribution in [0.2, 0.25) is 0 Å². The lowest BCUT2D eigenvalue weighted by Gasteiger charge is -2.13. The van der Waals surface area contributed by atoms with Gasteiger partial charge in [0.05, 0.1) is 24.1 Å². The average Bonchev–Trinajstić information content (AvgIpc) is 3.02. The van der Waals surface area contributed by atoms with Gasteiger partial charge in [-0.1, -0.05) is 0 Å². The van der Waals surface area contributed by atoms with Gasteiger partial charge in [-0.15, -0.1) is 0 Å². The van der Waals surface area contributed by atoms with Crippen LogP contribution in [0.1, 0.15) is 35.5 Å². The van der Waals surface area contributed by atoms with Crippen molar-refractivity contribution in [3.05, 3.63) is 35.2 Å². The summed E-state index contributed by atoms with van der Waals surface area (Å²) in [4.78, 5) is 12.5. The van der Waals surface area contributed by atoms with E-state index in [2.05, 4.69) is 10.4 Å². The molecule has 1 aromatic heterocycles. The molecular weight excluding hydrogens is 294 g/mol. The van der Waals surface area contributed by atoms with Crippen molar-refractivity contribution in [1.82, 2.24) is 9.78 Å². The van der Waals surface area contributed by atoms with Crippen LogP contribution in [0.25, 0.3) is 0 Å². The molecule has 1 amide bonds. The zero-order valence-corrected chi connectivity index (χ0v) is 13.8. The van der Waals surface area contributed by atoms with Gasteiger partial charge in [-0.05, 0) is 26.8 Å². The van der Waals surface area contributed by atoms with Gasteiger partial charge in [0.15, 0.2) is 0 Å². The van der Waals surface area contributed by atoms with Crippen molar-refractivity contribution in [3.8, 4) is 11.5 Å². The van der Waals surface area contributed by atoms with Crippen molar-refractivity contribution in [2.75, 3.05) is 11.9 Å². The van der Waals surface area contributed by atoms with Crippen LogP contribution < -0.4 is 14.8 Å². The Hall–Kier alpha value is -2.50. The number of carbonyl (C=O) groups is 1. The molecule has 122 valence electrons. The van der Waals surface area contributed by atoms with Crippen LogP contribution in [0, 0.1) is 6.92 Å². The Bertz CT molecular complexity index is 752. The van der Waals surface area contributed by atoms with Crippen molar-refractivity contribution in [3.63, 3.8) is 0 Å². The second-order valence-corrected chi connectivity index (χ2v) is 5.74. The smallest absolute Gasteiger partial charge is 0.259 e. The quantitative estimate of drug-likeness (QED) is 0.942. The second kappa shape index (κ2) is 5.95. The van der Waals surface area contributed by atoms with Gasteiger partial charge < -0.3 is 14.8 Å². The van der Waals surface area contributed by atoms with Crippen molar-refractivity contribution in [2.24, 2.45) is 7.05 Å². The summed E-state index contributed by atoms with van der Waals surface area (Å²) >= 11 is 0. The Morgan fingerprint density at radius 3 is 2.96 bits per heavy atom. The lowest BCUT2D eigenvalue weighted by Crippen LogP contribution is -2.14. The highest BCUT2D eigenvalue weighted by atomic mass is 16.5. The summed E-state index contributed by atoms with van der Waals surface area (Å²) in [5.41, 5.74) is 3.08. The third-order valence-electron chi connectivity index (χ3n) is 4.03. The fourth-order valence-electron chi connectivity index (χ4n) is 2.72. The molecule has 0 saturated heterocycles. The standard InChI is InChI=1S/C17H21N3O3/c1-5-22-16-7-12-6-10(2)23-15(12)8-14(16)19-17(21)13-9-18-20(4)11(13)3/h7-10H,5-6H2,1-4H3,(H,19,21)/t10-/m0/s1. The van der Waals surface area contributed by atoms with Crippen LogP contribution in [-0.4, -0.2) is 28.4 Å². The molecule has 0 bridgehead atoms. The van der Waals surface area contributed by atoms with Gasteiger partial charge >= 0.3 is 0 Å².